The number of nitrogens with one attached hydrogen (secondary N) is 1. The molecule has 1 aromatic heterocycles. The Morgan fingerprint density at radius 1 is 1.07 bits per heavy atom. The summed E-state index contributed by atoms with van der Waals surface area (Å²) in [6.07, 6.45) is 1.71. The highest BCUT2D eigenvalue weighted by Gasteiger charge is 2.15. The molecule has 2 aromatic carbocycles. The minimum Gasteiger partial charge on any atom is -0.317 e. The highest BCUT2D eigenvalue weighted by molar-refractivity contribution is 9.10. The first-order valence-electron chi connectivity index (χ1n) is 9.76. The lowest BCUT2D eigenvalue weighted by Gasteiger charge is -2.08. The van der Waals surface area contributed by atoms with E-state index in [1.54, 1.807) is 18.0 Å². The van der Waals surface area contributed by atoms with Crippen LogP contribution < -0.4 is 5.43 Å². The SMILES string of the molecule is Cc1cc(C)cc(CSCC(=O)N/N=C\c2c(Br)c(C)n(-c3ccccc3)c2C)c1. The van der Waals surface area contributed by atoms with Gasteiger partial charge in [-0.2, -0.15) is 5.10 Å². The van der Waals surface area contributed by atoms with E-state index in [-0.39, 0.29) is 5.91 Å². The van der Waals surface area contributed by atoms with Crippen molar-refractivity contribution < 1.29 is 4.79 Å². The van der Waals surface area contributed by atoms with Crippen LogP contribution in [0.5, 0.6) is 0 Å². The van der Waals surface area contributed by atoms with Crippen LogP contribution in [0.2, 0.25) is 0 Å². The normalized spacial score (nSPS) is 11.2. The number of nitrogens with zero attached hydrogens (tertiary/aromatic N) is 2. The molecule has 156 valence electrons. The van der Waals surface area contributed by atoms with E-state index in [0.717, 1.165) is 32.9 Å². The zero-order valence-corrected chi connectivity index (χ0v) is 20.1. The molecule has 0 bridgehead atoms. The van der Waals surface area contributed by atoms with Crippen LogP contribution in [-0.2, 0) is 10.5 Å². The van der Waals surface area contributed by atoms with Gasteiger partial charge >= 0.3 is 0 Å². The molecule has 0 spiro atoms. The Kier molecular flexibility index (Phi) is 7.56. The van der Waals surface area contributed by atoms with Crippen molar-refractivity contribution in [3.8, 4) is 5.69 Å². The number of aromatic nitrogens is 1. The van der Waals surface area contributed by atoms with Gasteiger partial charge in [-0.05, 0) is 61.3 Å². The molecule has 4 nitrogen and oxygen atoms in total. The molecule has 3 rings (SSSR count). The molecular weight excluding hydrogens is 458 g/mol. The van der Waals surface area contributed by atoms with Crippen LogP contribution in [0.3, 0.4) is 0 Å². The van der Waals surface area contributed by atoms with Gasteiger partial charge in [0.25, 0.3) is 0 Å². The molecule has 3 aromatic rings. The molecule has 0 saturated carbocycles. The number of rotatable bonds is 7. The summed E-state index contributed by atoms with van der Waals surface area (Å²) in [5.74, 6) is 1.08. The molecule has 0 atom stereocenters. The van der Waals surface area contributed by atoms with Gasteiger partial charge in [0.1, 0.15) is 0 Å². The highest BCUT2D eigenvalue weighted by Crippen LogP contribution is 2.29. The van der Waals surface area contributed by atoms with Crippen LogP contribution in [0.15, 0.2) is 58.1 Å². The van der Waals surface area contributed by atoms with Crippen molar-refractivity contribution in [2.75, 3.05) is 5.75 Å². The molecular formula is C24H26BrN3OS. The van der Waals surface area contributed by atoms with Crippen LogP contribution >= 0.6 is 27.7 Å². The van der Waals surface area contributed by atoms with E-state index in [1.807, 2.05) is 25.1 Å². The maximum Gasteiger partial charge on any atom is 0.250 e. The first-order valence-corrected chi connectivity index (χ1v) is 11.7. The van der Waals surface area contributed by atoms with Crippen LogP contribution in [0.4, 0.5) is 0 Å². The summed E-state index contributed by atoms with van der Waals surface area (Å²) in [7, 11) is 0. The van der Waals surface area contributed by atoms with E-state index in [9.17, 15) is 4.79 Å². The molecule has 0 saturated heterocycles. The molecule has 0 unspecified atom stereocenters. The van der Waals surface area contributed by atoms with Crippen LogP contribution in [-0.4, -0.2) is 22.4 Å². The Morgan fingerprint density at radius 3 is 2.40 bits per heavy atom. The molecule has 0 aliphatic rings. The third-order valence-corrected chi connectivity index (χ3v) is 6.80. The van der Waals surface area contributed by atoms with E-state index in [2.05, 4.69) is 82.1 Å². The lowest BCUT2D eigenvalue weighted by Crippen LogP contribution is -2.19. The van der Waals surface area contributed by atoms with Gasteiger partial charge in [0.05, 0.1) is 12.0 Å². The summed E-state index contributed by atoms with van der Waals surface area (Å²) in [6, 6.07) is 16.7. The minimum absolute atomic E-state index is 0.103. The van der Waals surface area contributed by atoms with Gasteiger partial charge in [-0.1, -0.05) is 47.5 Å². The third-order valence-electron chi connectivity index (χ3n) is 4.80. The Morgan fingerprint density at radius 2 is 1.73 bits per heavy atom. The van der Waals surface area contributed by atoms with Gasteiger partial charge in [-0.25, -0.2) is 5.43 Å². The van der Waals surface area contributed by atoms with Crippen LogP contribution in [0.25, 0.3) is 5.69 Å². The van der Waals surface area contributed by atoms with Crippen molar-refractivity contribution in [3.63, 3.8) is 0 Å². The van der Waals surface area contributed by atoms with Gasteiger partial charge in [-0.15, -0.1) is 11.8 Å². The Labute approximate surface area is 190 Å². The van der Waals surface area contributed by atoms with Crippen LogP contribution in [0, 0.1) is 27.7 Å². The fraction of sp³-hybridized carbons (Fsp3) is 0.250. The summed E-state index contributed by atoms with van der Waals surface area (Å²) in [5.41, 5.74) is 10.6. The number of aryl methyl sites for hydroxylation is 2. The molecule has 0 fully saturated rings. The monoisotopic (exact) mass is 483 g/mol. The largest absolute Gasteiger partial charge is 0.317 e. The second kappa shape index (κ2) is 10.1. The summed E-state index contributed by atoms with van der Waals surface area (Å²) in [5, 5.41) is 4.18. The molecule has 30 heavy (non-hydrogen) atoms. The number of thioether (sulfide) groups is 1. The molecule has 1 amide bonds. The topological polar surface area (TPSA) is 46.4 Å². The number of halogens is 1. The minimum atomic E-state index is -0.103. The van der Waals surface area contributed by atoms with Gasteiger partial charge in [0.15, 0.2) is 0 Å². The quantitative estimate of drug-likeness (QED) is 0.338. The smallest absolute Gasteiger partial charge is 0.250 e. The number of amides is 1. The van der Waals surface area contributed by atoms with E-state index in [0.29, 0.717) is 5.75 Å². The standard InChI is InChI=1S/C24H26BrN3OS/c1-16-10-17(2)12-20(11-16)14-30-15-23(29)27-26-13-22-18(3)28(19(4)24(22)25)21-8-6-5-7-9-21/h5-13H,14-15H2,1-4H3,(H,27,29)/b26-13-. The first-order chi connectivity index (χ1) is 14.4. The maximum atomic E-state index is 12.2. The second-order valence-electron chi connectivity index (χ2n) is 7.35. The summed E-state index contributed by atoms with van der Waals surface area (Å²) < 4.78 is 3.15. The molecule has 0 aliphatic heterocycles. The van der Waals surface area contributed by atoms with Gasteiger partial charge in [0, 0.05) is 32.9 Å². The number of carbonyl (C=O) groups excluding carboxylic acids is 1. The van der Waals surface area contributed by atoms with Gasteiger partial charge in [-0.3, -0.25) is 4.79 Å². The predicted molar refractivity (Wildman–Crippen MR) is 131 cm³/mol. The molecule has 0 radical (unpaired) electrons. The van der Waals surface area contributed by atoms with E-state index >= 15 is 0 Å². The van der Waals surface area contributed by atoms with Crippen molar-refractivity contribution in [1.29, 1.82) is 0 Å². The number of para-hydroxylation sites is 1. The number of benzene rings is 2. The predicted octanol–water partition coefficient (Wildman–Crippen LogP) is 5.86. The first kappa shape index (κ1) is 22.4. The van der Waals surface area contributed by atoms with Crippen molar-refractivity contribution in [3.05, 3.63) is 86.6 Å². The van der Waals surface area contributed by atoms with E-state index in [4.69, 9.17) is 0 Å². The molecule has 6 heteroatoms. The third kappa shape index (κ3) is 5.43. The lowest BCUT2D eigenvalue weighted by atomic mass is 10.1. The zero-order chi connectivity index (χ0) is 21.7. The summed E-state index contributed by atoms with van der Waals surface area (Å²) in [6.45, 7) is 8.29. The average molecular weight is 484 g/mol. The number of carbonyl (C=O) groups is 1. The Balaban J connectivity index is 1.59. The summed E-state index contributed by atoms with van der Waals surface area (Å²) >= 11 is 5.26. The number of hydrogen-bond donors (Lipinski definition) is 1. The van der Waals surface area contributed by atoms with E-state index in [1.165, 1.54) is 16.7 Å². The van der Waals surface area contributed by atoms with Crippen molar-refractivity contribution in [2.24, 2.45) is 5.10 Å². The Bertz CT molecular complexity index is 1050. The molecule has 1 heterocycles. The van der Waals surface area contributed by atoms with Gasteiger partial charge in [0.2, 0.25) is 5.91 Å². The summed E-state index contributed by atoms with van der Waals surface area (Å²) in [4.78, 5) is 12.2. The second-order valence-corrected chi connectivity index (χ2v) is 9.13. The number of hydrogen-bond acceptors (Lipinski definition) is 3. The number of hydrazone groups is 1. The maximum absolute atomic E-state index is 12.2. The van der Waals surface area contributed by atoms with E-state index < -0.39 is 0 Å². The molecule has 0 aliphatic carbocycles. The Hall–Kier alpha value is -2.31. The van der Waals surface area contributed by atoms with Crippen molar-refractivity contribution >= 4 is 39.8 Å². The molecule has 1 N–H and O–H groups in total. The average Bonchev–Trinajstić information content (AvgIpc) is 2.91. The lowest BCUT2D eigenvalue weighted by molar-refractivity contribution is -0.118. The van der Waals surface area contributed by atoms with Gasteiger partial charge < -0.3 is 4.57 Å². The fourth-order valence-corrected chi connectivity index (χ4v) is 4.87. The fourth-order valence-electron chi connectivity index (χ4n) is 3.55. The van der Waals surface area contributed by atoms with Crippen molar-refractivity contribution in [2.45, 2.75) is 33.4 Å². The zero-order valence-electron chi connectivity index (χ0n) is 17.7. The highest BCUT2D eigenvalue weighted by atomic mass is 79.9. The van der Waals surface area contributed by atoms with Crippen molar-refractivity contribution in [1.82, 2.24) is 9.99 Å². The van der Waals surface area contributed by atoms with Crippen LogP contribution in [0.1, 0.15) is 33.6 Å².